The number of para-hydroxylation sites is 1. The van der Waals surface area contributed by atoms with Crippen LogP contribution in [0.1, 0.15) is 65.4 Å². The van der Waals surface area contributed by atoms with E-state index in [1.165, 1.54) is 16.7 Å². The van der Waals surface area contributed by atoms with Crippen LogP contribution in [0.15, 0.2) is 29.3 Å². The molecule has 2 aromatic rings. The molecule has 4 heterocycles. The van der Waals surface area contributed by atoms with Crippen LogP contribution in [0.25, 0.3) is 10.9 Å². The molecule has 1 aromatic heterocycles. The first kappa shape index (κ1) is 45.4. The Morgan fingerprint density at radius 2 is 1.47 bits per heavy atom. The topological polar surface area (TPSA) is 283 Å². The van der Waals surface area contributed by atoms with Gasteiger partial charge in [-0.15, -0.1) is 11.8 Å². The zero-order valence-corrected chi connectivity index (χ0v) is 35.1. The van der Waals surface area contributed by atoms with Crippen molar-refractivity contribution in [2.24, 2.45) is 23.5 Å². The Kier molecular flexibility index (Phi) is 15.6. The molecular weight excluding hydrogens is 797 g/mol. The number of benzene rings is 1. The van der Waals surface area contributed by atoms with Crippen molar-refractivity contribution in [1.29, 1.82) is 0 Å². The summed E-state index contributed by atoms with van der Waals surface area (Å²) in [6.07, 6.45) is 0.921. The molecule has 326 valence electrons. The Hall–Kier alpha value is -5.66. The highest BCUT2D eigenvalue weighted by Crippen LogP contribution is 2.32. The maximum Gasteiger partial charge on any atom is 0.246 e. The van der Waals surface area contributed by atoms with Crippen molar-refractivity contribution in [3.05, 3.63) is 29.8 Å². The monoisotopic (exact) mass is 852 g/mol. The summed E-state index contributed by atoms with van der Waals surface area (Å²) in [4.78, 5) is 128. The third-order valence-corrected chi connectivity index (χ3v) is 12.7. The lowest BCUT2D eigenvalue weighted by molar-refractivity contribution is -0.143. The van der Waals surface area contributed by atoms with Gasteiger partial charge in [0.1, 0.15) is 30.2 Å². The van der Waals surface area contributed by atoms with Crippen molar-refractivity contribution in [2.45, 2.75) is 101 Å². The predicted molar refractivity (Wildman–Crippen MR) is 220 cm³/mol. The van der Waals surface area contributed by atoms with Gasteiger partial charge in [-0.25, -0.2) is 0 Å². The van der Waals surface area contributed by atoms with E-state index in [1.807, 2.05) is 32.0 Å². The van der Waals surface area contributed by atoms with Crippen LogP contribution in [0.5, 0.6) is 0 Å². The molecule has 2 bridgehead atoms. The van der Waals surface area contributed by atoms with Crippen LogP contribution in [-0.4, -0.2) is 125 Å². The predicted octanol–water partition coefficient (Wildman–Crippen LogP) is -1.31. The number of fused-ring (bicyclic) bond motifs is 5. The molecule has 19 nitrogen and oxygen atoms in total. The summed E-state index contributed by atoms with van der Waals surface area (Å²) in [6.45, 7) is 5.98. The molecule has 10 N–H and O–H groups in total. The van der Waals surface area contributed by atoms with Gasteiger partial charge in [0.05, 0.1) is 30.5 Å². The van der Waals surface area contributed by atoms with Gasteiger partial charge < -0.3 is 52.8 Å². The van der Waals surface area contributed by atoms with Crippen LogP contribution in [0.2, 0.25) is 0 Å². The summed E-state index contributed by atoms with van der Waals surface area (Å²) in [7, 11) is 0. The minimum absolute atomic E-state index is 0.00164. The van der Waals surface area contributed by atoms with Crippen LogP contribution in [0, 0.1) is 17.8 Å². The molecule has 60 heavy (non-hydrogen) atoms. The average molecular weight is 853 g/mol. The van der Waals surface area contributed by atoms with Gasteiger partial charge in [-0.2, -0.15) is 0 Å². The van der Waals surface area contributed by atoms with E-state index in [0.29, 0.717) is 40.8 Å². The molecule has 3 aliphatic heterocycles. The number of nitrogens with one attached hydrogen (secondary N) is 8. The minimum atomic E-state index is -1.46. The van der Waals surface area contributed by atoms with Crippen molar-refractivity contribution >= 4 is 75.8 Å². The largest absolute Gasteiger partial charge is 0.370 e. The van der Waals surface area contributed by atoms with Gasteiger partial charge in [0.15, 0.2) is 0 Å². The first-order chi connectivity index (χ1) is 28.6. The standard InChI is InChI=1S/C40H56N10O9S/c1-5-20(3)32-37(57)44-17-30(52)42-16-22-19-60-39-24(23-10-7-8-11-25(23)47-39)14-26(35(55)43-18-31(53)48-32)45-38(58)33(21(4)6-2)49-36(56)28-12-9-13-50(28)40(59)27(15-29(41)51)46-34(22)54/h7-8,10-11,20-22,26-28,32-33,47H,5-6,9,12-19H2,1-4H3,(H2,41,51)(H,42,52)(H,43,55)(H,44,57)(H,45,58)(H,46,54)(H,48,53)(H,49,56)/t20-,21-,22?,26?,27+,28-,32+,33-/m0/s1. The lowest BCUT2D eigenvalue weighted by atomic mass is 9.96. The Bertz CT molecular complexity index is 1990. The number of rotatable bonds is 6. The van der Waals surface area contributed by atoms with E-state index in [9.17, 15) is 43.2 Å². The van der Waals surface area contributed by atoms with Gasteiger partial charge >= 0.3 is 0 Å². The number of nitrogens with zero attached hydrogens (tertiary/aromatic N) is 1. The first-order valence-corrected chi connectivity index (χ1v) is 21.4. The van der Waals surface area contributed by atoms with Crippen LogP contribution < -0.4 is 43.0 Å². The highest BCUT2D eigenvalue weighted by atomic mass is 32.2. The number of thioether (sulfide) groups is 1. The molecule has 3 aliphatic rings. The second kappa shape index (κ2) is 20.5. The molecule has 1 aromatic carbocycles. The third kappa shape index (κ3) is 11.1. The number of aromatic amines is 1. The summed E-state index contributed by atoms with van der Waals surface area (Å²) < 4.78 is 0. The maximum atomic E-state index is 14.3. The molecule has 1 fully saturated rings. The number of hydrogen-bond acceptors (Lipinski definition) is 10. The zero-order chi connectivity index (χ0) is 43.7. The summed E-state index contributed by atoms with van der Waals surface area (Å²) in [5.74, 6) is -8.15. The molecule has 0 radical (unpaired) electrons. The van der Waals surface area contributed by atoms with E-state index in [-0.39, 0.29) is 37.6 Å². The smallest absolute Gasteiger partial charge is 0.246 e. The van der Waals surface area contributed by atoms with E-state index >= 15 is 0 Å². The molecule has 0 aliphatic carbocycles. The molecule has 5 rings (SSSR count). The number of carbonyl (C=O) groups is 9. The van der Waals surface area contributed by atoms with Gasteiger partial charge in [-0.05, 0) is 36.3 Å². The Morgan fingerprint density at radius 3 is 2.17 bits per heavy atom. The van der Waals surface area contributed by atoms with Gasteiger partial charge in [0.25, 0.3) is 0 Å². The highest BCUT2D eigenvalue weighted by Gasteiger charge is 2.41. The molecule has 0 saturated carbocycles. The van der Waals surface area contributed by atoms with Gasteiger partial charge in [-0.3, -0.25) is 43.2 Å². The van der Waals surface area contributed by atoms with Gasteiger partial charge in [-0.1, -0.05) is 58.7 Å². The average Bonchev–Trinajstić information content (AvgIpc) is 3.86. The maximum absolute atomic E-state index is 14.3. The fourth-order valence-electron chi connectivity index (χ4n) is 7.53. The van der Waals surface area contributed by atoms with Crippen LogP contribution in [0.4, 0.5) is 0 Å². The van der Waals surface area contributed by atoms with E-state index in [0.717, 1.165) is 0 Å². The summed E-state index contributed by atoms with van der Waals surface area (Å²) in [5.41, 5.74) is 6.85. The fourth-order valence-corrected chi connectivity index (χ4v) is 8.71. The van der Waals surface area contributed by atoms with Gasteiger partial charge in [0, 0.05) is 36.2 Å². The summed E-state index contributed by atoms with van der Waals surface area (Å²) in [5, 5.41) is 20.0. The van der Waals surface area contributed by atoms with Crippen molar-refractivity contribution in [3.63, 3.8) is 0 Å². The number of aromatic nitrogens is 1. The molecule has 20 heteroatoms. The number of carbonyl (C=O) groups excluding carboxylic acids is 9. The number of primary amides is 1. The minimum Gasteiger partial charge on any atom is -0.370 e. The number of hydrogen-bond donors (Lipinski definition) is 9. The Balaban J connectivity index is 1.64. The molecule has 1 saturated heterocycles. The van der Waals surface area contributed by atoms with E-state index in [1.54, 1.807) is 19.9 Å². The van der Waals surface area contributed by atoms with Crippen molar-refractivity contribution in [1.82, 2.24) is 47.1 Å². The normalized spacial score (nSPS) is 26.8. The number of H-pyrrole nitrogens is 1. The van der Waals surface area contributed by atoms with E-state index in [4.69, 9.17) is 5.73 Å². The highest BCUT2D eigenvalue weighted by molar-refractivity contribution is 7.99. The molecule has 0 spiro atoms. The molecule has 8 atom stereocenters. The van der Waals surface area contributed by atoms with Crippen molar-refractivity contribution in [3.8, 4) is 0 Å². The molecule has 2 unspecified atom stereocenters. The lowest BCUT2D eigenvalue weighted by Gasteiger charge is -2.32. The SMILES string of the molecule is CC[C@H](C)[C@@H]1NC(=O)[C@@H]2CCCN2C(=O)[C@@H](CC(N)=O)NC(=O)C2CNC(=O)CNC(=O)[C@@H]([C@@H](C)CC)NC(=O)CNC(=O)C(Cc3c([nH]c4ccccc34)SC2)NC1=O. The van der Waals surface area contributed by atoms with Crippen LogP contribution in [-0.2, 0) is 49.6 Å². The number of amides is 9. The second-order valence-corrected chi connectivity index (χ2v) is 16.7. The van der Waals surface area contributed by atoms with Gasteiger partial charge in [0.2, 0.25) is 53.2 Å². The number of nitrogens with two attached hydrogens (primary N) is 1. The first-order valence-electron chi connectivity index (χ1n) is 20.4. The van der Waals surface area contributed by atoms with E-state index in [2.05, 4.69) is 42.2 Å². The molecule has 9 amide bonds. The van der Waals surface area contributed by atoms with Crippen molar-refractivity contribution in [2.75, 3.05) is 31.9 Å². The lowest BCUT2D eigenvalue weighted by Crippen LogP contribution is -2.60. The Labute approximate surface area is 352 Å². The van der Waals surface area contributed by atoms with E-state index < -0.39 is 115 Å². The molecular formula is C40H56N10O9S. The van der Waals surface area contributed by atoms with Crippen molar-refractivity contribution < 1.29 is 43.2 Å². The fraction of sp³-hybridized carbons (Fsp3) is 0.575. The quantitative estimate of drug-likeness (QED) is 0.166. The van der Waals surface area contributed by atoms with Crippen LogP contribution in [0.3, 0.4) is 0 Å². The summed E-state index contributed by atoms with van der Waals surface area (Å²) in [6, 6.07) is 1.24. The second-order valence-electron chi connectivity index (χ2n) is 15.7. The Morgan fingerprint density at radius 1 is 0.800 bits per heavy atom. The zero-order valence-electron chi connectivity index (χ0n) is 34.3. The third-order valence-electron chi connectivity index (χ3n) is 11.5. The van der Waals surface area contributed by atoms with Crippen LogP contribution >= 0.6 is 11.8 Å². The summed E-state index contributed by atoms with van der Waals surface area (Å²) >= 11 is 1.20.